The van der Waals surface area contributed by atoms with E-state index >= 15 is 0 Å². The van der Waals surface area contributed by atoms with Crippen LogP contribution in [0.25, 0.3) is 0 Å². The van der Waals surface area contributed by atoms with Crippen LogP contribution >= 0.6 is 15.9 Å². The Morgan fingerprint density at radius 2 is 2.06 bits per heavy atom. The summed E-state index contributed by atoms with van der Waals surface area (Å²) < 4.78 is 14.3. The molecule has 0 aromatic heterocycles. The van der Waals surface area contributed by atoms with Gasteiger partial charge >= 0.3 is 5.97 Å². The third-order valence-corrected chi connectivity index (χ3v) is 3.73. The smallest absolute Gasteiger partial charge is 0.323 e. The number of benzene rings is 1. The molecule has 0 bridgehead atoms. The van der Waals surface area contributed by atoms with Crippen LogP contribution in [0.15, 0.2) is 22.7 Å². The summed E-state index contributed by atoms with van der Waals surface area (Å²) in [7, 11) is 0. The number of hydrogen-bond acceptors (Lipinski definition) is 2. The van der Waals surface area contributed by atoms with Crippen LogP contribution in [0.5, 0.6) is 0 Å². The fourth-order valence-electron chi connectivity index (χ4n) is 1.82. The molecule has 0 aliphatic carbocycles. The Hall–Kier alpha value is -0.940. The lowest BCUT2D eigenvalue weighted by Gasteiger charge is -2.28. The molecular formula is C13H17BrFNO2. The summed E-state index contributed by atoms with van der Waals surface area (Å²) in [4.78, 5) is 11.3. The lowest BCUT2D eigenvalue weighted by atomic mass is 9.92. The highest BCUT2D eigenvalue weighted by molar-refractivity contribution is 9.10. The third kappa shape index (κ3) is 3.29. The molecule has 1 rings (SSSR count). The van der Waals surface area contributed by atoms with Crippen molar-refractivity contribution < 1.29 is 14.3 Å². The molecule has 0 unspecified atom stereocenters. The summed E-state index contributed by atoms with van der Waals surface area (Å²) in [6.45, 7) is 3.81. The Labute approximate surface area is 115 Å². The molecule has 0 saturated heterocycles. The maximum absolute atomic E-state index is 13.5. The van der Waals surface area contributed by atoms with E-state index < -0.39 is 11.5 Å². The van der Waals surface area contributed by atoms with Gasteiger partial charge in [0.1, 0.15) is 11.4 Å². The van der Waals surface area contributed by atoms with Crippen LogP contribution in [0.4, 0.5) is 4.39 Å². The van der Waals surface area contributed by atoms with Gasteiger partial charge in [0.25, 0.3) is 0 Å². The first-order valence-electron chi connectivity index (χ1n) is 5.87. The van der Waals surface area contributed by atoms with Gasteiger partial charge in [-0.25, -0.2) is 4.39 Å². The third-order valence-electron chi connectivity index (χ3n) is 3.24. The summed E-state index contributed by atoms with van der Waals surface area (Å²) in [5.74, 6) is -1.24. The van der Waals surface area contributed by atoms with Gasteiger partial charge in [-0.3, -0.25) is 10.1 Å². The van der Waals surface area contributed by atoms with Gasteiger partial charge in [0, 0.05) is 16.6 Å². The van der Waals surface area contributed by atoms with Crippen LogP contribution in [-0.4, -0.2) is 16.6 Å². The van der Waals surface area contributed by atoms with Gasteiger partial charge in [0.15, 0.2) is 0 Å². The number of halogens is 2. The summed E-state index contributed by atoms with van der Waals surface area (Å²) in [5, 5.41) is 12.2. The van der Waals surface area contributed by atoms with Crippen LogP contribution in [0.1, 0.15) is 32.3 Å². The van der Waals surface area contributed by atoms with Crippen molar-refractivity contribution in [1.29, 1.82) is 0 Å². The highest BCUT2D eigenvalue weighted by Gasteiger charge is 2.34. The number of carboxylic acid groups (broad SMARTS) is 1. The second-order valence-corrected chi connectivity index (χ2v) is 5.10. The maximum Gasteiger partial charge on any atom is 0.323 e. The van der Waals surface area contributed by atoms with Crippen LogP contribution in [0, 0.1) is 5.82 Å². The van der Waals surface area contributed by atoms with Crippen molar-refractivity contribution in [1.82, 2.24) is 5.32 Å². The predicted molar refractivity (Wildman–Crippen MR) is 71.9 cm³/mol. The number of carbonyl (C=O) groups is 1. The SMILES string of the molecule is CCC(CC)(NCc1cc(Br)ccc1F)C(=O)O. The molecule has 0 spiro atoms. The second-order valence-electron chi connectivity index (χ2n) is 4.18. The molecule has 0 atom stereocenters. The summed E-state index contributed by atoms with van der Waals surface area (Å²) in [5.41, 5.74) is -0.536. The van der Waals surface area contributed by atoms with Crippen molar-refractivity contribution >= 4 is 21.9 Å². The molecule has 0 saturated carbocycles. The molecule has 1 aromatic carbocycles. The Morgan fingerprint density at radius 3 is 2.56 bits per heavy atom. The molecule has 0 aliphatic heterocycles. The van der Waals surface area contributed by atoms with E-state index in [1.165, 1.54) is 6.07 Å². The number of hydrogen-bond donors (Lipinski definition) is 2. The summed E-state index contributed by atoms with van der Waals surface area (Å²) >= 11 is 3.27. The van der Waals surface area contributed by atoms with Crippen LogP contribution < -0.4 is 5.32 Å². The Kier molecular flexibility index (Phi) is 5.28. The van der Waals surface area contributed by atoms with E-state index in [0.717, 1.165) is 4.47 Å². The first kappa shape index (κ1) is 15.1. The van der Waals surface area contributed by atoms with Gasteiger partial charge in [0.2, 0.25) is 0 Å². The minimum Gasteiger partial charge on any atom is -0.480 e. The number of rotatable bonds is 6. The molecule has 18 heavy (non-hydrogen) atoms. The average Bonchev–Trinajstić information content (AvgIpc) is 2.35. The van der Waals surface area contributed by atoms with Crippen molar-refractivity contribution in [3.63, 3.8) is 0 Å². The quantitative estimate of drug-likeness (QED) is 0.846. The van der Waals surface area contributed by atoms with Gasteiger partial charge in [-0.05, 0) is 31.0 Å². The van der Waals surface area contributed by atoms with E-state index in [1.807, 2.05) is 13.8 Å². The van der Waals surface area contributed by atoms with Crippen LogP contribution in [0.3, 0.4) is 0 Å². The molecule has 0 heterocycles. The molecule has 2 N–H and O–H groups in total. The predicted octanol–water partition coefficient (Wildman–Crippen LogP) is 3.32. The fraction of sp³-hybridized carbons (Fsp3) is 0.462. The van der Waals surface area contributed by atoms with E-state index in [-0.39, 0.29) is 12.4 Å². The molecule has 0 radical (unpaired) electrons. The van der Waals surface area contributed by atoms with Gasteiger partial charge in [-0.1, -0.05) is 29.8 Å². The number of nitrogens with one attached hydrogen (secondary N) is 1. The lowest BCUT2D eigenvalue weighted by molar-refractivity contribution is -0.145. The molecule has 0 fully saturated rings. The van der Waals surface area contributed by atoms with Crippen molar-refractivity contribution in [2.24, 2.45) is 0 Å². The summed E-state index contributed by atoms with van der Waals surface area (Å²) in [6, 6.07) is 4.63. The van der Waals surface area contributed by atoms with Gasteiger partial charge < -0.3 is 5.11 Å². The lowest BCUT2D eigenvalue weighted by Crippen LogP contribution is -2.50. The fourth-order valence-corrected chi connectivity index (χ4v) is 2.23. The second kappa shape index (κ2) is 6.29. The minimum absolute atomic E-state index is 0.194. The van der Waals surface area contributed by atoms with E-state index in [4.69, 9.17) is 0 Å². The zero-order valence-electron chi connectivity index (χ0n) is 10.5. The van der Waals surface area contributed by atoms with Crippen LogP contribution in [-0.2, 0) is 11.3 Å². The highest BCUT2D eigenvalue weighted by atomic mass is 79.9. The topological polar surface area (TPSA) is 49.3 Å². The Balaban J connectivity index is 2.85. The van der Waals surface area contributed by atoms with E-state index in [0.29, 0.717) is 18.4 Å². The van der Waals surface area contributed by atoms with E-state index in [9.17, 15) is 14.3 Å². The van der Waals surface area contributed by atoms with Crippen LogP contribution in [0.2, 0.25) is 0 Å². The largest absolute Gasteiger partial charge is 0.480 e. The first-order chi connectivity index (χ1) is 8.45. The van der Waals surface area contributed by atoms with Gasteiger partial charge in [-0.15, -0.1) is 0 Å². The first-order valence-corrected chi connectivity index (χ1v) is 6.67. The van der Waals surface area contributed by atoms with Crippen molar-refractivity contribution in [3.8, 4) is 0 Å². The minimum atomic E-state index is -0.991. The molecular weight excluding hydrogens is 301 g/mol. The molecule has 3 nitrogen and oxygen atoms in total. The van der Waals surface area contributed by atoms with Crippen molar-refractivity contribution in [2.45, 2.75) is 38.8 Å². The molecule has 100 valence electrons. The van der Waals surface area contributed by atoms with Gasteiger partial charge in [0.05, 0.1) is 0 Å². The van der Waals surface area contributed by atoms with Crippen molar-refractivity contribution in [3.05, 3.63) is 34.1 Å². The van der Waals surface area contributed by atoms with Crippen molar-refractivity contribution in [2.75, 3.05) is 0 Å². The van der Waals surface area contributed by atoms with Gasteiger partial charge in [-0.2, -0.15) is 0 Å². The molecule has 0 amide bonds. The highest BCUT2D eigenvalue weighted by Crippen LogP contribution is 2.19. The normalized spacial score (nSPS) is 11.6. The molecule has 1 aromatic rings. The van der Waals surface area contributed by atoms with E-state index in [1.54, 1.807) is 12.1 Å². The number of carboxylic acids is 1. The molecule has 0 aliphatic rings. The number of aliphatic carboxylic acids is 1. The molecule has 5 heteroatoms. The Bertz CT molecular complexity index is 433. The summed E-state index contributed by atoms with van der Waals surface area (Å²) in [6.07, 6.45) is 0.906. The average molecular weight is 318 g/mol. The van der Waals surface area contributed by atoms with E-state index in [2.05, 4.69) is 21.2 Å². The Morgan fingerprint density at radius 1 is 1.44 bits per heavy atom. The zero-order valence-corrected chi connectivity index (χ0v) is 12.1. The maximum atomic E-state index is 13.5. The monoisotopic (exact) mass is 317 g/mol. The zero-order chi connectivity index (χ0) is 13.8. The standard InChI is InChI=1S/C13H17BrFNO2/c1-3-13(4-2,12(17)18)16-8-9-7-10(14)5-6-11(9)15/h5-7,16H,3-4,8H2,1-2H3,(H,17,18).